The number of benzene rings is 2. The minimum Gasteiger partial charge on any atom is -0.494 e. The van der Waals surface area contributed by atoms with Crippen LogP contribution in [0, 0.1) is 13.8 Å². The van der Waals surface area contributed by atoms with Crippen LogP contribution < -0.4 is 18.9 Å². The number of hydrogen-bond donors (Lipinski definition) is 0. The zero-order valence-electron chi connectivity index (χ0n) is 18.7. The summed E-state index contributed by atoms with van der Waals surface area (Å²) in [5.74, 6) is 2.72. The topological polar surface area (TPSA) is 107 Å². The van der Waals surface area contributed by atoms with E-state index >= 15 is 0 Å². The van der Waals surface area contributed by atoms with Gasteiger partial charge in [0, 0.05) is 5.56 Å². The molecule has 0 N–H and O–H groups in total. The molecule has 0 radical (unpaired) electrons. The van der Waals surface area contributed by atoms with Crippen LogP contribution in [0.1, 0.15) is 11.3 Å². The molecule has 2 aromatic carbocycles. The second-order valence-electron chi connectivity index (χ2n) is 6.95. The maximum Gasteiger partial charge on any atom is 0.280 e. The van der Waals surface area contributed by atoms with Crippen molar-refractivity contribution in [3.63, 3.8) is 0 Å². The van der Waals surface area contributed by atoms with Crippen LogP contribution >= 0.6 is 0 Å². The molecule has 32 heavy (non-hydrogen) atoms. The molecule has 0 spiro atoms. The van der Waals surface area contributed by atoms with Gasteiger partial charge in [-0.2, -0.15) is 4.98 Å². The summed E-state index contributed by atoms with van der Waals surface area (Å²) in [6.07, 6.45) is 0. The Hall–Kier alpha value is -4.08. The Labute approximate surface area is 184 Å². The summed E-state index contributed by atoms with van der Waals surface area (Å²) in [6, 6.07) is 9.33. The lowest BCUT2D eigenvalue weighted by Crippen LogP contribution is -2.02. The molecule has 166 valence electrons. The summed E-state index contributed by atoms with van der Waals surface area (Å²) in [6.45, 7) is 3.87. The first-order valence-corrected chi connectivity index (χ1v) is 9.72. The normalized spacial score (nSPS) is 10.8. The van der Waals surface area contributed by atoms with Crippen LogP contribution in [0.2, 0.25) is 0 Å². The van der Waals surface area contributed by atoms with E-state index in [1.165, 1.54) is 0 Å². The standard InChI is InChI=1S/C22H23N5O5/c1-12-7-8-16(28-3)15(9-12)27-13(2)19(24-26-27)22-23-21(25-32-22)14-10-17(29-4)20(31-6)18(11-14)30-5/h7-11H,1-6H3. The molecule has 4 aromatic rings. The fraction of sp³-hybridized carbons (Fsp3) is 0.273. The number of aryl methyl sites for hydroxylation is 1. The van der Waals surface area contributed by atoms with Crippen molar-refractivity contribution < 1.29 is 23.5 Å². The van der Waals surface area contributed by atoms with Gasteiger partial charge >= 0.3 is 0 Å². The van der Waals surface area contributed by atoms with Crippen molar-refractivity contribution in [2.24, 2.45) is 0 Å². The van der Waals surface area contributed by atoms with Crippen molar-refractivity contribution >= 4 is 0 Å². The molecular weight excluding hydrogens is 414 g/mol. The highest BCUT2D eigenvalue weighted by Gasteiger charge is 2.22. The van der Waals surface area contributed by atoms with E-state index in [0.717, 1.165) is 16.9 Å². The van der Waals surface area contributed by atoms with Crippen molar-refractivity contribution in [2.75, 3.05) is 28.4 Å². The highest BCUT2D eigenvalue weighted by Crippen LogP contribution is 2.41. The van der Waals surface area contributed by atoms with Gasteiger partial charge < -0.3 is 23.5 Å². The quantitative estimate of drug-likeness (QED) is 0.428. The molecule has 0 amide bonds. The molecule has 10 heteroatoms. The maximum absolute atomic E-state index is 5.50. The van der Waals surface area contributed by atoms with Crippen molar-refractivity contribution in [3.8, 4) is 51.7 Å². The molecule has 4 rings (SSSR count). The first-order chi connectivity index (χ1) is 15.5. The van der Waals surface area contributed by atoms with Crippen molar-refractivity contribution in [1.29, 1.82) is 0 Å². The third-order valence-electron chi connectivity index (χ3n) is 5.01. The number of nitrogens with zero attached hydrogens (tertiary/aromatic N) is 5. The van der Waals surface area contributed by atoms with E-state index in [9.17, 15) is 0 Å². The summed E-state index contributed by atoms with van der Waals surface area (Å²) >= 11 is 0. The van der Waals surface area contributed by atoms with E-state index in [1.807, 2.05) is 32.0 Å². The van der Waals surface area contributed by atoms with E-state index in [0.29, 0.717) is 40.1 Å². The average Bonchev–Trinajstić information content (AvgIpc) is 3.44. The fourth-order valence-corrected chi connectivity index (χ4v) is 3.37. The predicted molar refractivity (Wildman–Crippen MR) is 116 cm³/mol. The highest BCUT2D eigenvalue weighted by molar-refractivity contribution is 5.67. The molecule has 0 fully saturated rings. The van der Waals surface area contributed by atoms with Crippen LogP contribution in [0.4, 0.5) is 0 Å². The molecule has 0 atom stereocenters. The summed E-state index contributed by atoms with van der Waals surface area (Å²) in [4.78, 5) is 4.51. The van der Waals surface area contributed by atoms with Gasteiger partial charge in [0.25, 0.3) is 5.89 Å². The lowest BCUT2D eigenvalue weighted by Gasteiger charge is -2.12. The van der Waals surface area contributed by atoms with Gasteiger partial charge in [0.05, 0.1) is 34.1 Å². The van der Waals surface area contributed by atoms with E-state index in [2.05, 4.69) is 20.5 Å². The maximum atomic E-state index is 5.50. The van der Waals surface area contributed by atoms with Crippen LogP contribution in [-0.2, 0) is 0 Å². The van der Waals surface area contributed by atoms with Gasteiger partial charge in [0.2, 0.25) is 11.6 Å². The Morgan fingerprint density at radius 3 is 2.16 bits per heavy atom. The Morgan fingerprint density at radius 1 is 0.844 bits per heavy atom. The van der Waals surface area contributed by atoms with Gasteiger partial charge in [0.15, 0.2) is 17.2 Å². The highest BCUT2D eigenvalue weighted by atomic mass is 16.5. The van der Waals surface area contributed by atoms with Crippen LogP contribution in [0.25, 0.3) is 28.7 Å². The Morgan fingerprint density at radius 2 is 1.53 bits per heavy atom. The van der Waals surface area contributed by atoms with E-state index in [-0.39, 0.29) is 5.89 Å². The molecule has 0 bridgehead atoms. The van der Waals surface area contributed by atoms with E-state index in [4.69, 9.17) is 23.5 Å². The summed E-state index contributed by atoms with van der Waals surface area (Å²) in [5.41, 5.74) is 3.68. The number of methoxy groups -OCH3 is 4. The minimum absolute atomic E-state index is 0.240. The van der Waals surface area contributed by atoms with Crippen molar-refractivity contribution in [2.45, 2.75) is 13.8 Å². The summed E-state index contributed by atoms with van der Waals surface area (Å²) in [7, 11) is 6.25. The number of aromatic nitrogens is 5. The third kappa shape index (κ3) is 3.59. The van der Waals surface area contributed by atoms with E-state index in [1.54, 1.807) is 45.3 Å². The first-order valence-electron chi connectivity index (χ1n) is 9.72. The number of hydrogen-bond acceptors (Lipinski definition) is 9. The molecule has 2 heterocycles. The largest absolute Gasteiger partial charge is 0.494 e. The second-order valence-corrected chi connectivity index (χ2v) is 6.95. The Kier molecular flexibility index (Phi) is 5.67. The summed E-state index contributed by atoms with van der Waals surface area (Å²) in [5, 5.41) is 12.6. The molecule has 2 aromatic heterocycles. The average molecular weight is 437 g/mol. The lowest BCUT2D eigenvalue weighted by molar-refractivity contribution is 0.324. The van der Waals surface area contributed by atoms with Gasteiger partial charge in [-0.1, -0.05) is 16.4 Å². The molecule has 0 saturated heterocycles. The monoisotopic (exact) mass is 437 g/mol. The fourth-order valence-electron chi connectivity index (χ4n) is 3.37. The molecule has 0 saturated carbocycles. The molecule has 0 unspecified atom stereocenters. The van der Waals surface area contributed by atoms with Crippen LogP contribution in [0.3, 0.4) is 0 Å². The zero-order chi connectivity index (χ0) is 22.8. The minimum atomic E-state index is 0.240. The van der Waals surface area contributed by atoms with Crippen LogP contribution in [-0.4, -0.2) is 53.6 Å². The summed E-state index contributed by atoms with van der Waals surface area (Å²) < 4.78 is 28.8. The first kappa shape index (κ1) is 21.2. The Balaban J connectivity index is 1.74. The van der Waals surface area contributed by atoms with Gasteiger partial charge in [-0.05, 0) is 43.7 Å². The second kappa shape index (κ2) is 8.58. The molecule has 0 aliphatic rings. The van der Waals surface area contributed by atoms with Gasteiger partial charge in [0.1, 0.15) is 11.4 Å². The SMILES string of the molecule is COc1ccc(C)cc1-n1nnc(-c2nc(-c3cc(OC)c(OC)c(OC)c3)no2)c1C. The number of ether oxygens (including phenoxy) is 4. The predicted octanol–water partition coefficient (Wildman–Crippen LogP) is 3.64. The van der Waals surface area contributed by atoms with Gasteiger partial charge in [-0.25, -0.2) is 4.68 Å². The zero-order valence-corrected chi connectivity index (χ0v) is 18.7. The Bertz CT molecular complexity index is 1240. The van der Waals surface area contributed by atoms with Gasteiger partial charge in [-0.15, -0.1) is 5.10 Å². The van der Waals surface area contributed by atoms with Crippen LogP contribution in [0.15, 0.2) is 34.9 Å². The third-order valence-corrected chi connectivity index (χ3v) is 5.01. The molecule has 0 aliphatic carbocycles. The molecule has 10 nitrogen and oxygen atoms in total. The van der Waals surface area contributed by atoms with E-state index < -0.39 is 0 Å². The molecular formula is C22H23N5O5. The van der Waals surface area contributed by atoms with Crippen LogP contribution in [0.5, 0.6) is 23.0 Å². The van der Waals surface area contributed by atoms with Crippen molar-refractivity contribution in [1.82, 2.24) is 25.1 Å². The van der Waals surface area contributed by atoms with Crippen molar-refractivity contribution in [3.05, 3.63) is 41.6 Å². The van der Waals surface area contributed by atoms with Gasteiger partial charge in [-0.3, -0.25) is 0 Å². The number of rotatable bonds is 7. The smallest absolute Gasteiger partial charge is 0.280 e. The molecule has 0 aliphatic heterocycles. The lowest BCUT2D eigenvalue weighted by atomic mass is 10.1.